The molecule has 0 aliphatic carbocycles. The number of carbonyl (C=O) groups is 1. The topological polar surface area (TPSA) is 60.8 Å². The molecule has 0 unspecified atom stereocenters. The van der Waals surface area contributed by atoms with Gasteiger partial charge >= 0.3 is 0 Å². The van der Waals surface area contributed by atoms with Crippen LogP contribution in [0.4, 0.5) is 0 Å². The van der Waals surface area contributed by atoms with E-state index in [-0.39, 0.29) is 36.4 Å². The molecule has 9 heteroatoms. The fourth-order valence-corrected chi connectivity index (χ4v) is 3.59. The number of aromatic nitrogens is 1. The Morgan fingerprint density at radius 2 is 2.00 bits per heavy atom. The van der Waals surface area contributed by atoms with Crippen LogP contribution in [0.25, 0.3) is 0 Å². The fraction of sp³-hybridized carbons (Fsp3) is 0.421. The molecule has 2 rings (SSSR count). The van der Waals surface area contributed by atoms with Crippen molar-refractivity contribution < 1.29 is 4.79 Å². The predicted molar refractivity (Wildman–Crippen MR) is 130 cm³/mol. The Kier molecular flexibility index (Phi) is 12.2. The molecule has 0 aliphatic heterocycles. The lowest BCUT2D eigenvalue weighted by Crippen LogP contribution is -2.41. The van der Waals surface area contributed by atoms with Crippen molar-refractivity contribution in [1.29, 1.82) is 0 Å². The molecule has 1 heterocycles. The normalized spacial score (nSPS) is 10.9. The number of halogens is 1. The first-order chi connectivity index (χ1) is 13.1. The summed E-state index contributed by atoms with van der Waals surface area (Å²) in [7, 11) is 5.48. The molecule has 1 N–H and O–H groups in total. The lowest BCUT2D eigenvalue weighted by molar-refractivity contribution is -0.127. The van der Waals surface area contributed by atoms with Gasteiger partial charge in [-0.25, -0.2) is 9.98 Å². The standard InChI is InChI=1S/C19H27N5OS2.HI/c1-23(2)18(25)15-22-19(24(3)12-9-17-20-10-14-27-17)21-11-13-26-16-7-5-4-6-8-16;/h4-8,10,14H,9,11-13,15H2,1-3H3,(H,21,22);1H. The van der Waals surface area contributed by atoms with Gasteiger partial charge < -0.3 is 15.1 Å². The third kappa shape index (κ3) is 9.24. The van der Waals surface area contributed by atoms with Crippen molar-refractivity contribution in [2.75, 3.05) is 46.5 Å². The summed E-state index contributed by atoms with van der Waals surface area (Å²) in [6.45, 7) is 1.71. The number of nitrogens with one attached hydrogen (secondary N) is 1. The van der Waals surface area contributed by atoms with Crippen molar-refractivity contribution in [1.82, 2.24) is 20.1 Å². The number of rotatable bonds is 9. The van der Waals surface area contributed by atoms with Crippen LogP contribution in [-0.4, -0.2) is 73.2 Å². The lowest BCUT2D eigenvalue weighted by Gasteiger charge is -2.22. The van der Waals surface area contributed by atoms with Crippen LogP contribution in [0.15, 0.2) is 51.8 Å². The summed E-state index contributed by atoms with van der Waals surface area (Å²) in [6, 6.07) is 10.3. The molecule has 0 saturated heterocycles. The van der Waals surface area contributed by atoms with Gasteiger partial charge in [-0.3, -0.25) is 4.79 Å². The van der Waals surface area contributed by atoms with Crippen LogP contribution in [0.2, 0.25) is 0 Å². The van der Waals surface area contributed by atoms with Crippen LogP contribution in [0.3, 0.4) is 0 Å². The highest BCUT2D eigenvalue weighted by Gasteiger charge is 2.10. The van der Waals surface area contributed by atoms with E-state index < -0.39 is 0 Å². The molecule has 0 bridgehead atoms. The molecule has 1 aromatic carbocycles. The van der Waals surface area contributed by atoms with Crippen LogP contribution in [0, 0.1) is 0 Å². The highest BCUT2D eigenvalue weighted by Crippen LogP contribution is 2.15. The molecule has 0 aliphatic rings. The third-order valence-corrected chi connectivity index (χ3v) is 5.62. The number of hydrogen-bond donors (Lipinski definition) is 1. The molecular formula is C19H28IN5OS2. The van der Waals surface area contributed by atoms with Gasteiger partial charge in [0.05, 0.1) is 5.01 Å². The van der Waals surface area contributed by atoms with E-state index in [1.165, 1.54) is 4.90 Å². The van der Waals surface area contributed by atoms with Gasteiger partial charge in [-0.2, -0.15) is 0 Å². The maximum Gasteiger partial charge on any atom is 0.243 e. The summed E-state index contributed by atoms with van der Waals surface area (Å²) < 4.78 is 0. The molecule has 0 radical (unpaired) electrons. The Balaban J connectivity index is 0.00000392. The number of aliphatic imine (C=N–C) groups is 1. The maximum atomic E-state index is 11.9. The lowest BCUT2D eigenvalue weighted by atomic mass is 10.4. The van der Waals surface area contributed by atoms with Crippen molar-refractivity contribution in [3.63, 3.8) is 0 Å². The van der Waals surface area contributed by atoms with Crippen molar-refractivity contribution in [3.8, 4) is 0 Å². The zero-order chi connectivity index (χ0) is 19.5. The SMILES string of the molecule is CN(C)C(=O)CN=C(NCCSc1ccccc1)N(C)CCc1nccs1.I. The monoisotopic (exact) mass is 533 g/mol. The van der Waals surface area contributed by atoms with E-state index >= 15 is 0 Å². The second-order valence-corrected chi connectivity index (χ2v) is 8.26. The molecule has 154 valence electrons. The number of thioether (sulfide) groups is 1. The first-order valence-electron chi connectivity index (χ1n) is 8.82. The Hall–Kier alpha value is -1.33. The van der Waals surface area contributed by atoms with Gasteiger partial charge in [-0.05, 0) is 12.1 Å². The van der Waals surface area contributed by atoms with Gasteiger partial charge in [-0.15, -0.1) is 47.1 Å². The van der Waals surface area contributed by atoms with Crippen molar-refractivity contribution >= 4 is 58.9 Å². The van der Waals surface area contributed by atoms with E-state index in [0.29, 0.717) is 0 Å². The minimum absolute atomic E-state index is 0. The zero-order valence-electron chi connectivity index (χ0n) is 16.5. The van der Waals surface area contributed by atoms with E-state index in [9.17, 15) is 4.79 Å². The van der Waals surface area contributed by atoms with E-state index in [4.69, 9.17) is 0 Å². The molecule has 1 amide bonds. The van der Waals surface area contributed by atoms with E-state index in [1.807, 2.05) is 36.8 Å². The van der Waals surface area contributed by atoms with Crippen molar-refractivity contribution in [2.45, 2.75) is 11.3 Å². The summed E-state index contributed by atoms with van der Waals surface area (Å²) >= 11 is 3.45. The highest BCUT2D eigenvalue weighted by molar-refractivity contribution is 14.0. The fourth-order valence-electron chi connectivity index (χ4n) is 2.19. The van der Waals surface area contributed by atoms with Crippen LogP contribution in [-0.2, 0) is 11.2 Å². The van der Waals surface area contributed by atoms with Crippen LogP contribution in [0.1, 0.15) is 5.01 Å². The molecule has 0 fully saturated rings. The third-order valence-electron chi connectivity index (χ3n) is 3.77. The average Bonchev–Trinajstić information content (AvgIpc) is 3.19. The minimum Gasteiger partial charge on any atom is -0.355 e. The van der Waals surface area contributed by atoms with Crippen LogP contribution in [0.5, 0.6) is 0 Å². The number of carbonyl (C=O) groups excluding carboxylic acids is 1. The summed E-state index contributed by atoms with van der Waals surface area (Å²) in [5.74, 6) is 1.65. The Labute approximate surface area is 192 Å². The highest BCUT2D eigenvalue weighted by atomic mass is 127. The van der Waals surface area contributed by atoms with Gasteiger partial charge in [0.2, 0.25) is 5.91 Å². The second-order valence-electron chi connectivity index (χ2n) is 6.11. The van der Waals surface area contributed by atoms with E-state index in [2.05, 4.69) is 32.3 Å². The second kappa shape index (κ2) is 13.8. The molecular weight excluding hydrogens is 505 g/mol. The molecule has 0 atom stereocenters. The van der Waals surface area contributed by atoms with Gasteiger partial charge in [0, 0.05) is 62.9 Å². The number of nitrogens with zero attached hydrogens (tertiary/aromatic N) is 4. The molecule has 0 spiro atoms. The average molecular weight is 534 g/mol. The molecule has 28 heavy (non-hydrogen) atoms. The quantitative estimate of drug-likeness (QED) is 0.177. The van der Waals surface area contributed by atoms with Crippen molar-refractivity contribution in [2.24, 2.45) is 4.99 Å². The minimum atomic E-state index is -0.0127. The summed E-state index contributed by atoms with van der Waals surface area (Å²) in [6.07, 6.45) is 2.68. The maximum absolute atomic E-state index is 11.9. The van der Waals surface area contributed by atoms with Gasteiger partial charge in [0.1, 0.15) is 6.54 Å². The van der Waals surface area contributed by atoms with Crippen molar-refractivity contribution in [3.05, 3.63) is 46.9 Å². The van der Waals surface area contributed by atoms with Gasteiger partial charge in [-0.1, -0.05) is 18.2 Å². The van der Waals surface area contributed by atoms with E-state index in [1.54, 1.807) is 42.1 Å². The van der Waals surface area contributed by atoms with Crippen LogP contribution >= 0.6 is 47.1 Å². The number of hydrogen-bond acceptors (Lipinski definition) is 5. The largest absolute Gasteiger partial charge is 0.355 e. The number of guanidine groups is 1. The number of thiazole rings is 1. The molecule has 6 nitrogen and oxygen atoms in total. The van der Waals surface area contributed by atoms with Crippen LogP contribution < -0.4 is 5.32 Å². The number of benzene rings is 1. The summed E-state index contributed by atoms with van der Waals surface area (Å²) in [4.78, 5) is 25.6. The molecule has 0 saturated carbocycles. The first-order valence-corrected chi connectivity index (χ1v) is 10.7. The van der Waals surface area contributed by atoms with Gasteiger partial charge in [0.25, 0.3) is 0 Å². The zero-order valence-corrected chi connectivity index (χ0v) is 20.5. The Morgan fingerprint density at radius 3 is 2.64 bits per heavy atom. The Morgan fingerprint density at radius 1 is 1.25 bits per heavy atom. The molecule has 1 aromatic heterocycles. The molecule has 2 aromatic rings. The number of amides is 1. The number of likely N-dealkylation sites (N-methyl/N-ethyl adjacent to an activating group) is 2. The summed E-state index contributed by atoms with van der Waals surface area (Å²) in [5.41, 5.74) is 0. The Bertz CT molecular complexity index is 710. The van der Waals surface area contributed by atoms with Gasteiger partial charge in [0.15, 0.2) is 5.96 Å². The smallest absolute Gasteiger partial charge is 0.243 e. The summed E-state index contributed by atoms with van der Waals surface area (Å²) in [5, 5.41) is 6.47. The first kappa shape index (κ1) is 24.7. The van der Waals surface area contributed by atoms with E-state index in [0.717, 1.165) is 36.2 Å². The predicted octanol–water partition coefficient (Wildman–Crippen LogP) is 3.06.